The first kappa shape index (κ1) is 13.4. The second-order valence-electron chi connectivity index (χ2n) is 5.60. The number of hydrogen-bond acceptors (Lipinski definition) is 4. The summed E-state index contributed by atoms with van der Waals surface area (Å²) in [4.78, 5) is 5.59. The topological polar surface area (TPSA) is 46.5 Å². The molecule has 6 heteroatoms. The Morgan fingerprint density at radius 3 is 2.61 bits per heavy atom. The maximum atomic E-state index is 5.29. The second-order valence-corrected chi connectivity index (χ2v) is 6.84. The van der Waals surface area contributed by atoms with E-state index in [-0.39, 0.29) is 11.5 Å². The fourth-order valence-electron chi connectivity index (χ4n) is 1.88. The van der Waals surface area contributed by atoms with Crippen LogP contribution in [0.4, 0.5) is 0 Å². The van der Waals surface area contributed by atoms with Crippen molar-refractivity contribution in [1.82, 2.24) is 19.7 Å². The lowest BCUT2D eigenvalue weighted by Gasteiger charge is -2.18. The van der Waals surface area contributed by atoms with E-state index in [0.717, 1.165) is 16.4 Å². The number of H-pyrrole nitrogens is 1. The lowest BCUT2D eigenvalue weighted by molar-refractivity contribution is 0.569. The highest BCUT2D eigenvalue weighted by Gasteiger charge is 2.25. The van der Waals surface area contributed by atoms with Gasteiger partial charge >= 0.3 is 0 Å². The van der Waals surface area contributed by atoms with Crippen molar-refractivity contribution in [3.8, 4) is 10.7 Å². The van der Waals surface area contributed by atoms with Crippen LogP contribution in [0.15, 0.2) is 5.51 Å². The summed E-state index contributed by atoms with van der Waals surface area (Å²) in [7, 11) is 0. The minimum Gasteiger partial charge on any atom is -0.297 e. The van der Waals surface area contributed by atoms with Gasteiger partial charge in [0.1, 0.15) is 0 Å². The molecule has 0 aliphatic rings. The highest BCUT2D eigenvalue weighted by Crippen LogP contribution is 2.35. The van der Waals surface area contributed by atoms with Crippen LogP contribution in [0.1, 0.15) is 46.4 Å². The average Bonchev–Trinajstić information content (AvgIpc) is 2.80. The summed E-state index contributed by atoms with van der Waals surface area (Å²) >= 11 is 6.90. The van der Waals surface area contributed by atoms with Crippen molar-refractivity contribution in [3.05, 3.63) is 16.0 Å². The Kier molecular flexibility index (Phi) is 3.42. The first-order valence-corrected chi connectivity index (χ1v) is 7.22. The van der Waals surface area contributed by atoms with Crippen LogP contribution in [0.25, 0.3) is 10.7 Å². The number of nitrogens with one attached hydrogen (secondary N) is 1. The number of hydrogen-bond donors (Lipinski definition) is 1. The van der Waals surface area contributed by atoms with E-state index >= 15 is 0 Å². The van der Waals surface area contributed by atoms with Crippen LogP contribution in [0.2, 0.25) is 0 Å². The van der Waals surface area contributed by atoms with Crippen molar-refractivity contribution in [1.29, 1.82) is 0 Å². The smallest absolute Gasteiger partial charge is 0.195 e. The summed E-state index contributed by atoms with van der Waals surface area (Å²) in [5.74, 6) is 0.891. The first-order chi connectivity index (χ1) is 8.32. The minimum atomic E-state index is 0.00467. The molecule has 4 nitrogen and oxygen atoms in total. The SMILES string of the molecule is CC(C)n1c(-c2scnc2C(C)(C)C)n[nH]c1=S. The third-order valence-corrected chi connectivity index (χ3v) is 3.81. The van der Waals surface area contributed by atoms with Gasteiger partial charge in [0.05, 0.1) is 16.1 Å². The van der Waals surface area contributed by atoms with Crippen molar-refractivity contribution in [3.63, 3.8) is 0 Å². The zero-order valence-electron chi connectivity index (χ0n) is 11.3. The highest BCUT2D eigenvalue weighted by molar-refractivity contribution is 7.71. The average molecular weight is 282 g/mol. The van der Waals surface area contributed by atoms with Gasteiger partial charge in [-0.25, -0.2) is 4.98 Å². The minimum absolute atomic E-state index is 0.00467. The van der Waals surface area contributed by atoms with E-state index in [1.54, 1.807) is 11.3 Å². The van der Waals surface area contributed by atoms with Crippen LogP contribution >= 0.6 is 23.6 Å². The standard InChI is InChI=1S/C12H18N4S2/c1-7(2)16-10(14-15-11(16)17)8-9(12(3,4)5)13-6-18-8/h6-7H,1-5H3,(H,15,17). The molecule has 0 bridgehead atoms. The van der Waals surface area contributed by atoms with E-state index in [2.05, 4.69) is 49.8 Å². The molecule has 0 radical (unpaired) electrons. The normalized spacial score (nSPS) is 12.3. The second kappa shape index (κ2) is 4.59. The molecule has 2 aromatic rings. The Labute approximate surface area is 116 Å². The van der Waals surface area contributed by atoms with Crippen molar-refractivity contribution < 1.29 is 0 Å². The summed E-state index contributed by atoms with van der Waals surface area (Å²) in [6.45, 7) is 10.7. The summed E-state index contributed by atoms with van der Waals surface area (Å²) < 4.78 is 2.70. The number of aromatic amines is 1. The Hall–Kier alpha value is -1.01. The molecule has 0 amide bonds. The van der Waals surface area contributed by atoms with E-state index in [4.69, 9.17) is 12.2 Å². The molecule has 2 rings (SSSR count). The van der Waals surface area contributed by atoms with E-state index < -0.39 is 0 Å². The van der Waals surface area contributed by atoms with Crippen LogP contribution < -0.4 is 0 Å². The Morgan fingerprint density at radius 2 is 2.06 bits per heavy atom. The quantitative estimate of drug-likeness (QED) is 0.849. The summed E-state index contributed by atoms with van der Waals surface area (Å²) in [6, 6.07) is 0.279. The number of nitrogens with zero attached hydrogens (tertiary/aromatic N) is 3. The molecule has 2 aromatic heterocycles. The fourth-order valence-corrected chi connectivity index (χ4v) is 3.21. The number of aromatic nitrogens is 4. The zero-order chi connectivity index (χ0) is 13.5. The van der Waals surface area contributed by atoms with Gasteiger partial charge in [-0.15, -0.1) is 11.3 Å². The van der Waals surface area contributed by atoms with Crippen LogP contribution in [-0.4, -0.2) is 19.7 Å². The van der Waals surface area contributed by atoms with Crippen molar-refractivity contribution in [2.45, 2.75) is 46.1 Å². The van der Waals surface area contributed by atoms with Gasteiger partial charge in [-0.05, 0) is 26.1 Å². The molecule has 0 saturated carbocycles. The van der Waals surface area contributed by atoms with Gasteiger partial charge in [0.2, 0.25) is 0 Å². The van der Waals surface area contributed by atoms with E-state index in [9.17, 15) is 0 Å². The van der Waals surface area contributed by atoms with Crippen molar-refractivity contribution in [2.75, 3.05) is 0 Å². The van der Waals surface area contributed by atoms with Crippen LogP contribution in [-0.2, 0) is 5.41 Å². The van der Waals surface area contributed by atoms with Gasteiger partial charge in [0, 0.05) is 11.5 Å². The maximum Gasteiger partial charge on any atom is 0.195 e. The molecule has 1 N–H and O–H groups in total. The maximum absolute atomic E-state index is 5.29. The molecule has 0 unspecified atom stereocenters. The lowest BCUT2D eigenvalue weighted by atomic mass is 9.91. The molecular formula is C12H18N4S2. The van der Waals surface area contributed by atoms with E-state index in [1.807, 2.05) is 10.1 Å². The van der Waals surface area contributed by atoms with Gasteiger partial charge in [-0.1, -0.05) is 20.8 Å². The zero-order valence-corrected chi connectivity index (χ0v) is 12.9. The predicted molar refractivity (Wildman–Crippen MR) is 77.6 cm³/mol. The molecule has 0 fully saturated rings. The third kappa shape index (κ3) is 2.27. The Balaban J connectivity index is 2.64. The molecule has 2 heterocycles. The molecule has 18 heavy (non-hydrogen) atoms. The molecule has 0 aliphatic heterocycles. The predicted octanol–water partition coefficient (Wildman–Crippen LogP) is 3.94. The van der Waals surface area contributed by atoms with Crippen molar-refractivity contribution in [2.24, 2.45) is 0 Å². The Morgan fingerprint density at radius 1 is 1.39 bits per heavy atom. The molecule has 0 aliphatic carbocycles. The van der Waals surface area contributed by atoms with Gasteiger partial charge in [-0.3, -0.25) is 9.67 Å². The van der Waals surface area contributed by atoms with E-state index in [0.29, 0.717) is 4.77 Å². The summed E-state index contributed by atoms with van der Waals surface area (Å²) in [6.07, 6.45) is 0. The molecule has 0 atom stereocenters. The van der Waals surface area contributed by atoms with Crippen LogP contribution in [0.5, 0.6) is 0 Å². The fraction of sp³-hybridized carbons (Fsp3) is 0.583. The van der Waals surface area contributed by atoms with Crippen LogP contribution in [0.3, 0.4) is 0 Å². The van der Waals surface area contributed by atoms with Gasteiger partial charge in [-0.2, -0.15) is 5.10 Å². The van der Waals surface area contributed by atoms with Gasteiger partial charge < -0.3 is 0 Å². The molecule has 0 saturated heterocycles. The molecular weight excluding hydrogens is 264 g/mol. The van der Waals surface area contributed by atoms with Crippen molar-refractivity contribution >= 4 is 23.6 Å². The van der Waals surface area contributed by atoms with Gasteiger partial charge in [0.25, 0.3) is 0 Å². The molecule has 0 aromatic carbocycles. The molecule has 98 valence electrons. The third-order valence-electron chi connectivity index (χ3n) is 2.70. The van der Waals surface area contributed by atoms with Crippen LogP contribution in [0, 0.1) is 4.77 Å². The number of thiazole rings is 1. The Bertz CT molecular complexity index is 598. The number of rotatable bonds is 2. The monoisotopic (exact) mass is 282 g/mol. The lowest BCUT2D eigenvalue weighted by Crippen LogP contribution is -2.14. The summed E-state index contributed by atoms with van der Waals surface area (Å²) in [5, 5.41) is 7.25. The van der Waals surface area contributed by atoms with E-state index in [1.165, 1.54) is 0 Å². The summed E-state index contributed by atoms with van der Waals surface area (Å²) in [5.41, 5.74) is 2.95. The first-order valence-electron chi connectivity index (χ1n) is 5.93. The largest absolute Gasteiger partial charge is 0.297 e. The van der Waals surface area contributed by atoms with Gasteiger partial charge in [0.15, 0.2) is 10.6 Å². The molecule has 0 spiro atoms. The highest BCUT2D eigenvalue weighted by atomic mass is 32.1.